The second kappa shape index (κ2) is 23.0. The molecule has 0 radical (unpaired) electrons. The van der Waals surface area contributed by atoms with Crippen LogP contribution in [0.5, 0.6) is 0 Å². The van der Waals surface area contributed by atoms with Gasteiger partial charge < -0.3 is 20.4 Å². The van der Waals surface area contributed by atoms with Gasteiger partial charge in [0, 0.05) is 27.1 Å². The Bertz CT molecular complexity index is 176. The van der Waals surface area contributed by atoms with Crippen molar-refractivity contribution in [3.63, 3.8) is 0 Å². The smallest absolute Gasteiger partial charge is 0.300 e. The quantitative estimate of drug-likeness (QED) is 0.485. The van der Waals surface area contributed by atoms with Gasteiger partial charge in [0.2, 0.25) is 0 Å². The zero-order valence-electron chi connectivity index (χ0n) is 12.7. The fourth-order valence-electron chi connectivity index (χ4n) is 1.28. The molecule has 0 saturated heterocycles. The van der Waals surface area contributed by atoms with E-state index in [-0.39, 0.29) is 0 Å². The van der Waals surface area contributed by atoms with Crippen molar-refractivity contribution in [3.8, 4) is 0 Å². The zero-order chi connectivity index (χ0) is 16.2. The van der Waals surface area contributed by atoms with Gasteiger partial charge in [-0.25, -0.2) is 0 Å². The zero-order valence-corrected chi connectivity index (χ0v) is 12.7. The lowest BCUT2D eigenvalue weighted by atomic mass is 10.1. The van der Waals surface area contributed by atoms with E-state index in [0.29, 0.717) is 13.2 Å². The Morgan fingerprint density at radius 1 is 0.600 bits per heavy atom. The molecule has 0 spiro atoms. The fraction of sp³-hybridized carbons (Fsp3) is 0.857. The average molecular weight is 294 g/mol. The topological polar surface area (TPSA) is 115 Å². The van der Waals surface area contributed by atoms with E-state index in [0.717, 1.165) is 39.5 Å². The van der Waals surface area contributed by atoms with Crippen LogP contribution in [0.25, 0.3) is 0 Å². The van der Waals surface area contributed by atoms with E-state index in [1.54, 1.807) is 0 Å². The van der Waals surface area contributed by atoms with E-state index in [1.165, 1.54) is 25.7 Å². The molecule has 0 unspecified atom stereocenters. The van der Waals surface area contributed by atoms with Crippen molar-refractivity contribution in [3.05, 3.63) is 0 Å². The molecule has 0 fully saturated rings. The molecule has 0 aliphatic rings. The van der Waals surface area contributed by atoms with Crippen LogP contribution in [0.4, 0.5) is 0 Å². The second-order valence-electron chi connectivity index (χ2n) is 4.31. The summed E-state index contributed by atoms with van der Waals surface area (Å²) in [4.78, 5) is 18.0. The molecule has 122 valence electrons. The molecular weight excluding hydrogens is 264 g/mol. The Labute approximate surface area is 121 Å². The van der Waals surface area contributed by atoms with E-state index in [4.69, 9.17) is 30.0 Å². The van der Waals surface area contributed by atoms with Gasteiger partial charge in [-0.1, -0.05) is 38.5 Å². The molecule has 4 N–H and O–H groups in total. The lowest BCUT2D eigenvalue weighted by Gasteiger charge is -1.99. The normalized spacial score (nSPS) is 8.80. The largest absolute Gasteiger partial charge is 0.481 e. The van der Waals surface area contributed by atoms with E-state index in [9.17, 15) is 0 Å². The molecular formula is C14H30O6. The molecule has 0 saturated carbocycles. The standard InChI is InChI=1S/C10H22O2.2C2H4O2/c11-9-7-5-3-1-2-4-6-8-10-12;2*1-2(3)4/h11-12H,1-10H2;2*1H3,(H,3,4). The van der Waals surface area contributed by atoms with Gasteiger partial charge in [0.25, 0.3) is 11.9 Å². The Morgan fingerprint density at radius 3 is 0.900 bits per heavy atom. The summed E-state index contributed by atoms with van der Waals surface area (Å²) in [6, 6.07) is 0. The summed E-state index contributed by atoms with van der Waals surface area (Å²) in [5, 5.41) is 31.9. The van der Waals surface area contributed by atoms with Crippen LogP contribution in [0.3, 0.4) is 0 Å². The maximum atomic E-state index is 9.00. The Kier molecular flexibility index (Phi) is 27.5. The van der Waals surface area contributed by atoms with E-state index in [1.807, 2.05) is 0 Å². The van der Waals surface area contributed by atoms with Gasteiger partial charge in [0.1, 0.15) is 0 Å². The van der Waals surface area contributed by atoms with Crippen LogP contribution >= 0.6 is 0 Å². The summed E-state index contributed by atoms with van der Waals surface area (Å²) in [5.74, 6) is -1.67. The van der Waals surface area contributed by atoms with Gasteiger partial charge in [-0.15, -0.1) is 0 Å². The van der Waals surface area contributed by atoms with Crippen LogP contribution in [-0.2, 0) is 9.59 Å². The second-order valence-corrected chi connectivity index (χ2v) is 4.31. The Hall–Kier alpha value is -1.14. The summed E-state index contributed by atoms with van der Waals surface area (Å²) in [6.07, 6.45) is 9.30. The number of hydrogen-bond acceptors (Lipinski definition) is 4. The van der Waals surface area contributed by atoms with Crippen molar-refractivity contribution in [1.82, 2.24) is 0 Å². The number of aliphatic carboxylic acids is 2. The monoisotopic (exact) mass is 294 g/mol. The lowest BCUT2D eigenvalue weighted by Crippen LogP contribution is -1.85. The molecule has 0 bridgehead atoms. The van der Waals surface area contributed by atoms with Crippen LogP contribution in [0, 0.1) is 0 Å². The van der Waals surface area contributed by atoms with Gasteiger partial charge in [0.15, 0.2) is 0 Å². The molecule has 20 heavy (non-hydrogen) atoms. The number of unbranched alkanes of at least 4 members (excludes halogenated alkanes) is 7. The maximum absolute atomic E-state index is 9.00. The summed E-state index contributed by atoms with van der Waals surface area (Å²) in [7, 11) is 0. The molecule has 6 nitrogen and oxygen atoms in total. The summed E-state index contributed by atoms with van der Waals surface area (Å²) in [5.41, 5.74) is 0. The third-order valence-electron chi connectivity index (χ3n) is 2.07. The highest BCUT2D eigenvalue weighted by Gasteiger charge is 1.90. The number of aliphatic hydroxyl groups excluding tert-OH is 2. The van der Waals surface area contributed by atoms with E-state index in [2.05, 4.69) is 0 Å². The minimum atomic E-state index is -0.833. The Morgan fingerprint density at radius 2 is 0.750 bits per heavy atom. The number of carboxylic acids is 2. The molecule has 0 atom stereocenters. The van der Waals surface area contributed by atoms with Crippen molar-refractivity contribution in [1.29, 1.82) is 0 Å². The molecule has 0 aromatic heterocycles. The highest BCUT2D eigenvalue weighted by molar-refractivity contribution is 5.63. The first-order chi connectivity index (χ1) is 9.38. The fourth-order valence-corrected chi connectivity index (χ4v) is 1.28. The van der Waals surface area contributed by atoms with Crippen LogP contribution in [0.1, 0.15) is 65.2 Å². The first-order valence-corrected chi connectivity index (χ1v) is 6.99. The van der Waals surface area contributed by atoms with Crippen molar-refractivity contribution < 1.29 is 30.0 Å². The highest BCUT2D eigenvalue weighted by atomic mass is 16.4. The van der Waals surface area contributed by atoms with Crippen LogP contribution in [0.15, 0.2) is 0 Å². The van der Waals surface area contributed by atoms with Gasteiger partial charge in [0.05, 0.1) is 0 Å². The lowest BCUT2D eigenvalue weighted by molar-refractivity contribution is -0.135. The number of carbonyl (C=O) groups is 2. The van der Waals surface area contributed by atoms with E-state index >= 15 is 0 Å². The summed E-state index contributed by atoms with van der Waals surface area (Å²) >= 11 is 0. The molecule has 0 aliphatic heterocycles. The molecule has 0 aromatic rings. The minimum absolute atomic E-state index is 0.338. The number of carboxylic acid groups (broad SMARTS) is 2. The molecule has 0 rings (SSSR count). The predicted octanol–water partition coefficient (Wildman–Crippen LogP) is 2.27. The first-order valence-electron chi connectivity index (χ1n) is 6.99. The molecule has 0 amide bonds. The summed E-state index contributed by atoms with van der Waals surface area (Å²) < 4.78 is 0. The van der Waals surface area contributed by atoms with Crippen LogP contribution in [0.2, 0.25) is 0 Å². The number of rotatable bonds is 9. The van der Waals surface area contributed by atoms with Crippen molar-refractivity contribution in [2.24, 2.45) is 0 Å². The Balaban J connectivity index is -0.000000297. The molecule has 6 heteroatoms. The SMILES string of the molecule is CC(=O)O.CC(=O)O.OCCCCCCCCCCO. The molecule has 0 aromatic carbocycles. The highest BCUT2D eigenvalue weighted by Crippen LogP contribution is 2.07. The number of hydrogen-bond donors (Lipinski definition) is 4. The van der Waals surface area contributed by atoms with Crippen molar-refractivity contribution >= 4 is 11.9 Å². The average Bonchev–Trinajstić information content (AvgIpc) is 2.31. The summed E-state index contributed by atoms with van der Waals surface area (Å²) in [6.45, 7) is 2.84. The van der Waals surface area contributed by atoms with Crippen LogP contribution in [-0.4, -0.2) is 45.6 Å². The van der Waals surface area contributed by atoms with Gasteiger partial charge in [-0.3, -0.25) is 9.59 Å². The third-order valence-corrected chi connectivity index (χ3v) is 2.07. The van der Waals surface area contributed by atoms with Gasteiger partial charge in [-0.05, 0) is 12.8 Å². The third kappa shape index (κ3) is 68.6. The maximum Gasteiger partial charge on any atom is 0.300 e. The molecule has 0 heterocycles. The van der Waals surface area contributed by atoms with Gasteiger partial charge >= 0.3 is 0 Å². The van der Waals surface area contributed by atoms with Crippen LogP contribution < -0.4 is 0 Å². The predicted molar refractivity (Wildman–Crippen MR) is 77.7 cm³/mol. The van der Waals surface area contributed by atoms with Crippen molar-refractivity contribution in [2.45, 2.75) is 65.2 Å². The first kappa shape index (κ1) is 23.9. The van der Waals surface area contributed by atoms with Crippen molar-refractivity contribution in [2.75, 3.05) is 13.2 Å². The molecule has 0 aliphatic carbocycles. The minimum Gasteiger partial charge on any atom is -0.481 e. The number of aliphatic hydroxyl groups is 2. The van der Waals surface area contributed by atoms with Gasteiger partial charge in [-0.2, -0.15) is 0 Å². The van der Waals surface area contributed by atoms with E-state index < -0.39 is 11.9 Å².